The van der Waals surface area contributed by atoms with Crippen molar-refractivity contribution in [3.63, 3.8) is 0 Å². The number of hydrogen-bond acceptors (Lipinski definition) is 2. The zero-order valence-corrected chi connectivity index (χ0v) is 10.9. The first-order valence-corrected chi connectivity index (χ1v) is 6.65. The number of nitrogens with zero attached hydrogens (tertiary/aromatic N) is 2. The van der Waals surface area contributed by atoms with Gasteiger partial charge in [-0.25, -0.2) is 0 Å². The van der Waals surface area contributed by atoms with E-state index in [4.69, 9.17) is 0 Å². The van der Waals surface area contributed by atoms with Crippen LogP contribution < -0.4 is 0 Å². The van der Waals surface area contributed by atoms with Crippen molar-refractivity contribution in [1.29, 1.82) is 0 Å². The van der Waals surface area contributed by atoms with E-state index < -0.39 is 0 Å². The van der Waals surface area contributed by atoms with E-state index in [1.54, 1.807) is 0 Å². The third-order valence-electron chi connectivity index (χ3n) is 3.20. The lowest BCUT2D eigenvalue weighted by Crippen LogP contribution is -2.34. The monoisotopic (exact) mass is 216 g/mol. The highest BCUT2D eigenvalue weighted by Gasteiger charge is 2.14. The molecule has 1 aliphatic rings. The SMILES string of the molecule is CC1CCN(CCCN(C)CP)CC1. The second kappa shape index (κ2) is 6.76. The van der Waals surface area contributed by atoms with Crippen molar-refractivity contribution in [2.45, 2.75) is 26.2 Å². The van der Waals surface area contributed by atoms with Gasteiger partial charge in [0.25, 0.3) is 0 Å². The molecular weight excluding hydrogens is 191 g/mol. The minimum Gasteiger partial charge on any atom is -0.303 e. The van der Waals surface area contributed by atoms with E-state index in [0.717, 1.165) is 12.2 Å². The first-order chi connectivity index (χ1) is 6.72. The van der Waals surface area contributed by atoms with Crippen LogP contribution in [0, 0.1) is 5.92 Å². The molecule has 0 bridgehead atoms. The zero-order valence-electron chi connectivity index (χ0n) is 9.71. The van der Waals surface area contributed by atoms with Crippen LogP contribution in [0.4, 0.5) is 0 Å². The van der Waals surface area contributed by atoms with Crippen molar-refractivity contribution in [1.82, 2.24) is 9.80 Å². The lowest BCUT2D eigenvalue weighted by atomic mass is 9.99. The van der Waals surface area contributed by atoms with Gasteiger partial charge in [-0.3, -0.25) is 0 Å². The Morgan fingerprint density at radius 3 is 2.57 bits per heavy atom. The summed E-state index contributed by atoms with van der Waals surface area (Å²) in [6, 6.07) is 0. The number of piperidine rings is 1. The molecule has 1 fully saturated rings. The molecular formula is C11H25N2P. The van der Waals surface area contributed by atoms with E-state index >= 15 is 0 Å². The van der Waals surface area contributed by atoms with Crippen LogP contribution in [0.5, 0.6) is 0 Å². The number of rotatable bonds is 5. The summed E-state index contributed by atoms with van der Waals surface area (Å²) in [6.07, 6.45) is 5.22. The van der Waals surface area contributed by atoms with Gasteiger partial charge in [-0.1, -0.05) is 6.92 Å². The van der Waals surface area contributed by atoms with Gasteiger partial charge in [0.05, 0.1) is 0 Å². The van der Waals surface area contributed by atoms with Gasteiger partial charge in [0.15, 0.2) is 0 Å². The molecule has 0 N–H and O–H groups in total. The maximum absolute atomic E-state index is 2.77. The molecule has 0 saturated carbocycles. The van der Waals surface area contributed by atoms with Gasteiger partial charge in [-0.05, 0) is 58.4 Å². The van der Waals surface area contributed by atoms with Crippen LogP contribution in [0.15, 0.2) is 0 Å². The second-order valence-corrected chi connectivity index (χ2v) is 5.01. The Balaban J connectivity index is 2.02. The molecule has 84 valence electrons. The molecule has 3 heteroatoms. The fourth-order valence-electron chi connectivity index (χ4n) is 1.94. The van der Waals surface area contributed by atoms with Crippen LogP contribution in [0.3, 0.4) is 0 Å². The van der Waals surface area contributed by atoms with E-state index in [1.165, 1.54) is 45.4 Å². The lowest BCUT2D eigenvalue weighted by molar-refractivity contribution is 0.184. The van der Waals surface area contributed by atoms with Gasteiger partial charge in [-0.2, -0.15) is 0 Å². The van der Waals surface area contributed by atoms with E-state index in [0.29, 0.717) is 0 Å². The lowest BCUT2D eigenvalue weighted by Gasteiger charge is -2.30. The van der Waals surface area contributed by atoms with Crippen molar-refractivity contribution in [2.24, 2.45) is 5.92 Å². The summed E-state index contributed by atoms with van der Waals surface area (Å²) in [4.78, 5) is 4.98. The minimum absolute atomic E-state index is 0.959. The summed E-state index contributed by atoms with van der Waals surface area (Å²) in [7, 11) is 4.96. The quantitative estimate of drug-likeness (QED) is 0.647. The average molecular weight is 216 g/mol. The van der Waals surface area contributed by atoms with Crippen LogP contribution in [0.2, 0.25) is 0 Å². The molecule has 1 atom stereocenters. The third kappa shape index (κ3) is 4.72. The molecule has 1 unspecified atom stereocenters. The van der Waals surface area contributed by atoms with Crippen LogP contribution in [-0.4, -0.2) is 49.3 Å². The van der Waals surface area contributed by atoms with Gasteiger partial charge < -0.3 is 9.80 Å². The molecule has 1 heterocycles. The normalized spacial score (nSPS) is 20.6. The van der Waals surface area contributed by atoms with Crippen molar-refractivity contribution in [2.75, 3.05) is 39.5 Å². The van der Waals surface area contributed by atoms with E-state index in [2.05, 4.69) is 33.0 Å². The highest BCUT2D eigenvalue weighted by Crippen LogP contribution is 2.15. The average Bonchev–Trinajstić information content (AvgIpc) is 2.21. The molecule has 0 aromatic carbocycles. The predicted molar refractivity (Wildman–Crippen MR) is 66.7 cm³/mol. The summed E-state index contributed by atoms with van der Waals surface area (Å²) in [5, 5.41) is 0. The van der Waals surface area contributed by atoms with Crippen LogP contribution in [0.25, 0.3) is 0 Å². The molecule has 0 radical (unpaired) electrons. The predicted octanol–water partition coefficient (Wildman–Crippen LogP) is 1.87. The smallest absolute Gasteiger partial charge is 0.0123 e. The zero-order chi connectivity index (χ0) is 10.4. The maximum atomic E-state index is 2.77. The number of hydrogen-bond donors (Lipinski definition) is 0. The molecule has 0 aliphatic carbocycles. The van der Waals surface area contributed by atoms with Gasteiger partial charge in [0, 0.05) is 6.29 Å². The van der Waals surface area contributed by atoms with E-state index in [9.17, 15) is 0 Å². The van der Waals surface area contributed by atoms with E-state index in [-0.39, 0.29) is 0 Å². The summed E-state index contributed by atoms with van der Waals surface area (Å²) < 4.78 is 0. The molecule has 1 rings (SSSR count). The molecule has 1 saturated heterocycles. The molecule has 0 spiro atoms. The van der Waals surface area contributed by atoms with Crippen molar-refractivity contribution >= 4 is 9.24 Å². The minimum atomic E-state index is 0.959. The molecule has 0 amide bonds. The van der Waals surface area contributed by atoms with Gasteiger partial charge >= 0.3 is 0 Å². The maximum Gasteiger partial charge on any atom is 0.0123 e. The summed E-state index contributed by atoms with van der Waals surface area (Å²) >= 11 is 0. The first-order valence-electron chi connectivity index (χ1n) is 5.83. The summed E-state index contributed by atoms with van der Waals surface area (Å²) in [5.74, 6) is 0.959. The molecule has 2 nitrogen and oxygen atoms in total. The molecule has 14 heavy (non-hydrogen) atoms. The van der Waals surface area contributed by atoms with Crippen LogP contribution in [0.1, 0.15) is 26.2 Å². The molecule has 1 aliphatic heterocycles. The highest BCUT2D eigenvalue weighted by molar-refractivity contribution is 7.16. The molecule has 0 aromatic rings. The van der Waals surface area contributed by atoms with E-state index in [1.807, 2.05) is 0 Å². The van der Waals surface area contributed by atoms with Crippen LogP contribution >= 0.6 is 9.24 Å². The summed E-state index contributed by atoms with van der Waals surface area (Å²) in [6.45, 7) is 7.55. The standard InChI is InChI=1S/C11H25N2P/c1-11-4-8-13(9-5-11)7-3-6-12(2)10-14/h11H,3-10,14H2,1-2H3. The molecule has 0 aromatic heterocycles. The Morgan fingerprint density at radius 1 is 1.36 bits per heavy atom. The fraction of sp³-hybridized carbons (Fsp3) is 1.00. The Kier molecular flexibility index (Phi) is 6.00. The Labute approximate surface area is 91.2 Å². The topological polar surface area (TPSA) is 6.48 Å². The number of likely N-dealkylation sites (tertiary alicyclic amines) is 1. The Bertz CT molecular complexity index is 144. The third-order valence-corrected chi connectivity index (χ3v) is 3.83. The largest absolute Gasteiger partial charge is 0.303 e. The first kappa shape index (κ1) is 12.4. The van der Waals surface area contributed by atoms with Gasteiger partial charge in [-0.15, -0.1) is 9.24 Å². The van der Waals surface area contributed by atoms with Crippen molar-refractivity contribution in [3.8, 4) is 0 Å². The van der Waals surface area contributed by atoms with Gasteiger partial charge in [0.1, 0.15) is 0 Å². The van der Waals surface area contributed by atoms with Gasteiger partial charge in [0.2, 0.25) is 0 Å². The Morgan fingerprint density at radius 2 is 2.00 bits per heavy atom. The van der Waals surface area contributed by atoms with Crippen molar-refractivity contribution < 1.29 is 0 Å². The summed E-state index contributed by atoms with van der Waals surface area (Å²) in [5.41, 5.74) is 0. The fourth-order valence-corrected chi connectivity index (χ4v) is 2.12. The Hall–Kier alpha value is 0.350. The van der Waals surface area contributed by atoms with Crippen molar-refractivity contribution in [3.05, 3.63) is 0 Å². The highest BCUT2D eigenvalue weighted by atomic mass is 31.0. The van der Waals surface area contributed by atoms with Crippen LogP contribution in [-0.2, 0) is 0 Å². The second-order valence-electron chi connectivity index (χ2n) is 4.64.